The summed E-state index contributed by atoms with van der Waals surface area (Å²) in [6, 6.07) is 5.15. The highest BCUT2D eigenvalue weighted by atomic mass is 16.7. The molecule has 1 atom stereocenters. The zero-order valence-corrected chi connectivity index (χ0v) is 11.0. The van der Waals surface area contributed by atoms with Crippen molar-refractivity contribution >= 4 is 5.97 Å². The van der Waals surface area contributed by atoms with Crippen LogP contribution in [0, 0.1) is 0 Å². The van der Waals surface area contributed by atoms with Gasteiger partial charge in [-0.05, 0) is 25.0 Å². The molecule has 20 heavy (non-hydrogen) atoms. The Morgan fingerprint density at radius 3 is 2.95 bits per heavy atom. The highest BCUT2D eigenvalue weighted by Crippen LogP contribution is 2.35. The summed E-state index contributed by atoms with van der Waals surface area (Å²) in [6.07, 6.45) is 2.56. The van der Waals surface area contributed by atoms with E-state index in [9.17, 15) is 4.79 Å². The molecule has 1 aliphatic carbocycles. The van der Waals surface area contributed by atoms with Crippen molar-refractivity contribution in [3.05, 3.63) is 18.2 Å². The number of hydrogen-bond donors (Lipinski definition) is 2. The van der Waals surface area contributed by atoms with Gasteiger partial charge in [0.15, 0.2) is 11.5 Å². The highest BCUT2D eigenvalue weighted by molar-refractivity contribution is 5.73. The van der Waals surface area contributed by atoms with Gasteiger partial charge >= 0.3 is 5.97 Å². The van der Waals surface area contributed by atoms with Crippen LogP contribution < -0.4 is 19.5 Å². The number of fused-ring (bicyclic) bond motifs is 1. The number of benzene rings is 1. The molecule has 0 amide bonds. The molecule has 2 N–H and O–H groups in total. The molecule has 1 unspecified atom stereocenters. The minimum absolute atomic E-state index is 0.227. The molecule has 0 bridgehead atoms. The fraction of sp³-hybridized carbons (Fsp3) is 0.500. The van der Waals surface area contributed by atoms with E-state index in [4.69, 9.17) is 19.3 Å². The number of nitrogens with one attached hydrogen (secondary N) is 1. The standard InChI is InChI=1S/C14H17NO5/c16-14(17)11(15-9-1-2-9)5-6-18-10-3-4-12-13(7-10)20-8-19-12/h3-4,7,9,11,15H,1-2,5-6,8H2,(H,16,17). The lowest BCUT2D eigenvalue weighted by Gasteiger charge is -2.14. The second-order valence-electron chi connectivity index (χ2n) is 4.98. The summed E-state index contributed by atoms with van der Waals surface area (Å²) in [5.41, 5.74) is 0. The Hall–Kier alpha value is -1.95. The minimum Gasteiger partial charge on any atom is -0.493 e. The Balaban J connectivity index is 1.49. The molecule has 1 saturated carbocycles. The second kappa shape index (κ2) is 5.58. The average molecular weight is 279 g/mol. The third-order valence-corrected chi connectivity index (χ3v) is 3.33. The molecular formula is C14H17NO5. The molecule has 0 saturated heterocycles. The van der Waals surface area contributed by atoms with Crippen LogP contribution in [0.2, 0.25) is 0 Å². The first kappa shape index (κ1) is 13.1. The van der Waals surface area contributed by atoms with Crippen LogP contribution in [0.4, 0.5) is 0 Å². The van der Waals surface area contributed by atoms with E-state index in [1.165, 1.54) is 0 Å². The van der Waals surface area contributed by atoms with Gasteiger partial charge in [0.1, 0.15) is 11.8 Å². The van der Waals surface area contributed by atoms with Gasteiger partial charge in [-0.15, -0.1) is 0 Å². The Morgan fingerprint density at radius 2 is 2.20 bits per heavy atom. The largest absolute Gasteiger partial charge is 0.493 e. The topological polar surface area (TPSA) is 77.0 Å². The van der Waals surface area contributed by atoms with Crippen LogP contribution >= 0.6 is 0 Å². The number of carboxylic acids is 1. The van der Waals surface area contributed by atoms with Gasteiger partial charge in [0.25, 0.3) is 0 Å². The molecule has 0 radical (unpaired) electrons. The lowest BCUT2D eigenvalue weighted by atomic mass is 10.2. The summed E-state index contributed by atoms with van der Waals surface area (Å²) >= 11 is 0. The molecule has 1 fully saturated rings. The molecule has 108 valence electrons. The van der Waals surface area contributed by atoms with E-state index in [1.54, 1.807) is 18.2 Å². The summed E-state index contributed by atoms with van der Waals surface area (Å²) in [7, 11) is 0. The molecule has 0 spiro atoms. The van der Waals surface area contributed by atoms with Gasteiger partial charge in [0.05, 0.1) is 6.61 Å². The summed E-state index contributed by atoms with van der Waals surface area (Å²) in [5, 5.41) is 12.2. The summed E-state index contributed by atoms with van der Waals surface area (Å²) in [4.78, 5) is 11.1. The molecule has 1 heterocycles. The van der Waals surface area contributed by atoms with Crippen LogP contribution in [0.1, 0.15) is 19.3 Å². The van der Waals surface area contributed by atoms with Crippen LogP contribution in [0.25, 0.3) is 0 Å². The third-order valence-electron chi connectivity index (χ3n) is 3.33. The summed E-state index contributed by atoms with van der Waals surface area (Å²) in [5.74, 6) is 1.19. The van der Waals surface area contributed by atoms with Crippen LogP contribution in [-0.4, -0.2) is 36.6 Å². The smallest absolute Gasteiger partial charge is 0.320 e. The molecule has 0 aromatic heterocycles. The number of rotatable bonds is 7. The Kier molecular flexibility index (Phi) is 3.64. The van der Waals surface area contributed by atoms with Crippen LogP contribution in [0.3, 0.4) is 0 Å². The second-order valence-corrected chi connectivity index (χ2v) is 4.98. The first-order valence-electron chi connectivity index (χ1n) is 6.73. The SMILES string of the molecule is O=C(O)C(CCOc1ccc2c(c1)OCO2)NC1CC1. The Morgan fingerprint density at radius 1 is 1.40 bits per heavy atom. The monoisotopic (exact) mass is 279 g/mol. The zero-order chi connectivity index (χ0) is 13.9. The molecule has 1 aliphatic heterocycles. The van der Waals surface area contributed by atoms with E-state index < -0.39 is 12.0 Å². The van der Waals surface area contributed by atoms with E-state index in [1.807, 2.05) is 0 Å². The number of hydrogen-bond acceptors (Lipinski definition) is 5. The molecule has 3 rings (SSSR count). The first-order valence-corrected chi connectivity index (χ1v) is 6.73. The number of aliphatic carboxylic acids is 1. The van der Waals surface area contributed by atoms with Crippen molar-refractivity contribution in [2.75, 3.05) is 13.4 Å². The van der Waals surface area contributed by atoms with Gasteiger partial charge in [-0.25, -0.2) is 0 Å². The van der Waals surface area contributed by atoms with Crippen molar-refractivity contribution in [3.63, 3.8) is 0 Å². The number of carbonyl (C=O) groups is 1. The maximum atomic E-state index is 11.1. The van der Waals surface area contributed by atoms with E-state index in [-0.39, 0.29) is 6.79 Å². The maximum absolute atomic E-state index is 11.1. The highest BCUT2D eigenvalue weighted by Gasteiger charge is 2.28. The maximum Gasteiger partial charge on any atom is 0.320 e. The summed E-state index contributed by atoms with van der Waals surface area (Å²) < 4.78 is 16.0. The van der Waals surface area contributed by atoms with Crippen molar-refractivity contribution < 1.29 is 24.1 Å². The Bertz CT molecular complexity index is 500. The zero-order valence-electron chi connectivity index (χ0n) is 11.0. The van der Waals surface area contributed by atoms with Gasteiger partial charge in [-0.2, -0.15) is 0 Å². The lowest BCUT2D eigenvalue weighted by molar-refractivity contribution is -0.139. The lowest BCUT2D eigenvalue weighted by Crippen LogP contribution is -2.39. The average Bonchev–Trinajstić information content (AvgIpc) is 3.12. The molecule has 6 nitrogen and oxygen atoms in total. The minimum atomic E-state index is -0.828. The molecule has 6 heteroatoms. The van der Waals surface area contributed by atoms with Gasteiger partial charge in [-0.3, -0.25) is 4.79 Å². The molecule has 2 aliphatic rings. The van der Waals surface area contributed by atoms with Gasteiger partial charge < -0.3 is 24.6 Å². The predicted octanol–water partition coefficient (Wildman–Crippen LogP) is 1.39. The predicted molar refractivity (Wildman–Crippen MR) is 70.3 cm³/mol. The van der Waals surface area contributed by atoms with Gasteiger partial charge in [-0.1, -0.05) is 0 Å². The van der Waals surface area contributed by atoms with Crippen LogP contribution in [0.5, 0.6) is 17.2 Å². The van der Waals surface area contributed by atoms with Crippen LogP contribution in [0.15, 0.2) is 18.2 Å². The summed E-state index contributed by atoms with van der Waals surface area (Å²) in [6.45, 7) is 0.571. The van der Waals surface area contributed by atoms with Crippen molar-refractivity contribution in [1.29, 1.82) is 0 Å². The molecule has 1 aromatic rings. The normalized spacial score (nSPS) is 17.8. The van der Waals surface area contributed by atoms with Crippen LogP contribution in [-0.2, 0) is 4.79 Å². The quantitative estimate of drug-likeness (QED) is 0.785. The van der Waals surface area contributed by atoms with Crippen molar-refractivity contribution in [1.82, 2.24) is 5.32 Å². The molecule has 1 aromatic carbocycles. The fourth-order valence-corrected chi connectivity index (χ4v) is 2.07. The van der Waals surface area contributed by atoms with Crippen molar-refractivity contribution in [2.24, 2.45) is 0 Å². The molecular weight excluding hydrogens is 262 g/mol. The van der Waals surface area contributed by atoms with Crippen molar-refractivity contribution in [2.45, 2.75) is 31.3 Å². The van der Waals surface area contributed by atoms with E-state index in [0.29, 0.717) is 36.3 Å². The van der Waals surface area contributed by atoms with Gasteiger partial charge in [0, 0.05) is 18.5 Å². The first-order chi connectivity index (χ1) is 9.72. The van der Waals surface area contributed by atoms with E-state index >= 15 is 0 Å². The van der Waals surface area contributed by atoms with Crippen molar-refractivity contribution in [3.8, 4) is 17.2 Å². The van der Waals surface area contributed by atoms with E-state index in [2.05, 4.69) is 5.32 Å². The number of carboxylic acid groups (broad SMARTS) is 1. The third kappa shape index (κ3) is 3.14. The van der Waals surface area contributed by atoms with E-state index in [0.717, 1.165) is 12.8 Å². The Labute approximate surface area is 116 Å². The number of ether oxygens (including phenoxy) is 3. The van der Waals surface area contributed by atoms with Gasteiger partial charge in [0.2, 0.25) is 6.79 Å². The fourth-order valence-electron chi connectivity index (χ4n) is 2.07.